The first-order valence-corrected chi connectivity index (χ1v) is 7.32. The molecule has 1 heterocycles. The minimum Gasteiger partial charge on any atom is -0.389 e. The van der Waals surface area contributed by atoms with Crippen LogP contribution in [0.5, 0.6) is 0 Å². The lowest BCUT2D eigenvalue weighted by Crippen LogP contribution is -2.42. The fraction of sp³-hybridized carbons (Fsp3) is 0.467. The van der Waals surface area contributed by atoms with E-state index in [9.17, 15) is 14.7 Å². The second kappa shape index (κ2) is 6.64. The normalized spacial score (nSPS) is 18.5. The predicted octanol–water partition coefficient (Wildman–Crippen LogP) is 1.55. The second-order valence-corrected chi connectivity index (χ2v) is 6.14. The monoisotopic (exact) mass is 326 g/mol. The van der Waals surface area contributed by atoms with Gasteiger partial charge in [0.05, 0.1) is 25.9 Å². The summed E-state index contributed by atoms with van der Waals surface area (Å²) in [5, 5.41) is 13.1. The SMILES string of the molecule is CC1(C)NC(=O)N(C[C@@H](O)COCc2ccccc2Cl)C1=O. The Morgan fingerprint density at radius 1 is 1.36 bits per heavy atom. The molecule has 3 amide bonds. The summed E-state index contributed by atoms with van der Waals surface area (Å²) in [4.78, 5) is 24.7. The lowest BCUT2D eigenvalue weighted by atomic mass is 10.1. The highest BCUT2D eigenvalue weighted by Crippen LogP contribution is 2.18. The van der Waals surface area contributed by atoms with Crippen LogP contribution >= 0.6 is 11.6 Å². The Kier molecular flexibility index (Phi) is 5.05. The largest absolute Gasteiger partial charge is 0.389 e. The van der Waals surface area contributed by atoms with Crippen molar-refractivity contribution in [1.82, 2.24) is 10.2 Å². The average molecular weight is 327 g/mol. The number of carbonyl (C=O) groups is 2. The van der Waals surface area contributed by atoms with Crippen LogP contribution in [-0.2, 0) is 16.1 Å². The fourth-order valence-corrected chi connectivity index (χ4v) is 2.36. The molecule has 0 spiro atoms. The number of hydrogen-bond acceptors (Lipinski definition) is 4. The minimum atomic E-state index is -0.953. The van der Waals surface area contributed by atoms with Crippen molar-refractivity contribution in [2.75, 3.05) is 13.2 Å². The summed E-state index contributed by atoms with van der Waals surface area (Å²) in [5.41, 5.74) is -0.123. The first-order valence-electron chi connectivity index (χ1n) is 6.94. The van der Waals surface area contributed by atoms with Gasteiger partial charge in [-0.15, -0.1) is 0 Å². The zero-order chi connectivity index (χ0) is 16.3. The maximum absolute atomic E-state index is 12.0. The number of nitrogens with one attached hydrogen (secondary N) is 1. The van der Waals surface area contributed by atoms with E-state index in [2.05, 4.69) is 5.32 Å². The van der Waals surface area contributed by atoms with Crippen molar-refractivity contribution in [3.8, 4) is 0 Å². The molecule has 0 bridgehead atoms. The lowest BCUT2D eigenvalue weighted by molar-refractivity contribution is -0.131. The van der Waals surface area contributed by atoms with E-state index in [1.807, 2.05) is 18.2 Å². The Hall–Kier alpha value is -1.63. The van der Waals surface area contributed by atoms with Gasteiger partial charge in [0, 0.05) is 5.02 Å². The zero-order valence-electron chi connectivity index (χ0n) is 12.5. The van der Waals surface area contributed by atoms with Crippen LogP contribution in [0.15, 0.2) is 24.3 Å². The molecule has 0 aliphatic carbocycles. The molecule has 7 heteroatoms. The Morgan fingerprint density at radius 2 is 2.05 bits per heavy atom. The molecule has 1 aliphatic rings. The third kappa shape index (κ3) is 3.76. The van der Waals surface area contributed by atoms with Crippen molar-refractivity contribution in [1.29, 1.82) is 0 Å². The summed E-state index contributed by atoms with van der Waals surface area (Å²) < 4.78 is 5.39. The van der Waals surface area contributed by atoms with Crippen molar-refractivity contribution in [2.24, 2.45) is 0 Å². The van der Waals surface area contributed by atoms with Gasteiger partial charge in [0.15, 0.2) is 0 Å². The van der Waals surface area contributed by atoms with Crippen molar-refractivity contribution >= 4 is 23.5 Å². The van der Waals surface area contributed by atoms with E-state index in [1.54, 1.807) is 19.9 Å². The van der Waals surface area contributed by atoms with Gasteiger partial charge in [-0.25, -0.2) is 4.79 Å². The summed E-state index contributed by atoms with van der Waals surface area (Å²) in [7, 11) is 0. The van der Waals surface area contributed by atoms with E-state index in [4.69, 9.17) is 16.3 Å². The van der Waals surface area contributed by atoms with Gasteiger partial charge in [-0.1, -0.05) is 29.8 Å². The summed E-state index contributed by atoms with van der Waals surface area (Å²) in [5.74, 6) is -0.359. The predicted molar refractivity (Wildman–Crippen MR) is 81.4 cm³/mol. The number of amides is 3. The van der Waals surface area contributed by atoms with Crippen molar-refractivity contribution in [3.05, 3.63) is 34.9 Å². The number of halogens is 1. The van der Waals surface area contributed by atoms with Crippen LogP contribution in [0.25, 0.3) is 0 Å². The number of rotatable bonds is 6. The van der Waals surface area contributed by atoms with Crippen LogP contribution in [0.4, 0.5) is 4.79 Å². The van der Waals surface area contributed by atoms with Gasteiger partial charge < -0.3 is 15.2 Å². The summed E-state index contributed by atoms with van der Waals surface area (Å²) >= 11 is 6.00. The van der Waals surface area contributed by atoms with Gasteiger partial charge in [-0.2, -0.15) is 0 Å². The number of imide groups is 1. The van der Waals surface area contributed by atoms with E-state index in [-0.39, 0.29) is 25.7 Å². The van der Waals surface area contributed by atoms with E-state index in [0.717, 1.165) is 10.5 Å². The van der Waals surface area contributed by atoms with Crippen LogP contribution in [0.1, 0.15) is 19.4 Å². The molecule has 0 unspecified atom stereocenters. The molecule has 1 aliphatic heterocycles. The molecule has 1 saturated heterocycles. The van der Waals surface area contributed by atoms with Gasteiger partial charge in [0.1, 0.15) is 5.54 Å². The summed E-state index contributed by atoms with van der Waals surface area (Å²) in [6.45, 7) is 3.39. The first-order chi connectivity index (χ1) is 10.3. The molecule has 1 fully saturated rings. The van der Waals surface area contributed by atoms with Crippen LogP contribution in [0.2, 0.25) is 5.02 Å². The Morgan fingerprint density at radius 3 is 2.64 bits per heavy atom. The van der Waals surface area contributed by atoms with Gasteiger partial charge in [0.25, 0.3) is 5.91 Å². The van der Waals surface area contributed by atoms with Gasteiger partial charge in [-0.05, 0) is 25.5 Å². The smallest absolute Gasteiger partial charge is 0.325 e. The number of aliphatic hydroxyl groups is 1. The topological polar surface area (TPSA) is 78.9 Å². The van der Waals surface area contributed by atoms with Crippen LogP contribution in [-0.4, -0.2) is 46.7 Å². The molecule has 2 N–H and O–H groups in total. The Labute approximate surface area is 134 Å². The molecule has 22 heavy (non-hydrogen) atoms. The van der Waals surface area contributed by atoms with Gasteiger partial charge >= 0.3 is 6.03 Å². The summed E-state index contributed by atoms with van der Waals surface area (Å²) in [6, 6.07) is 6.75. The van der Waals surface area contributed by atoms with E-state index in [1.165, 1.54) is 0 Å². The van der Waals surface area contributed by atoms with Crippen LogP contribution in [0.3, 0.4) is 0 Å². The number of β-amino-alcohol motifs (C(OH)–C–C–N with tert-alkyl or cyclic N) is 1. The van der Waals surface area contributed by atoms with Crippen LogP contribution < -0.4 is 5.32 Å². The number of urea groups is 1. The number of ether oxygens (including phenoxy) is 1. The molecule has 120 valence electrons. The molecule has 1 aromatic carbocycles. The van der Waals surface area contributed by atoms with Crippen molar-refractivity contribution in [2.45, 2.75) is 32.1 Å². The standard InChI is InChI=1S/C15H19ClN2O4/c1-15(2)13(20)18(14(21)17-15)7-11(19)9-22-8-10-5-3-4-6-12(10)16/h3-6,11,19H,7-9H2,1-2H3,(H,17,21)/t11-/m1/s1. The Balaban J connectivity index is 1.81. The average Bonchev–Trinajstić information content (AvgIpc) is 2.63. The molecule has 1 aromatic rings. The maximum Gasteiger partial charge on any atom is 0.325 e. The zero-order valence-corrected chi connectivity index (χ0v) is 13.3. The number of carbonyl (C=O) groups excluding carboxylic acids is 2. The fourth-order valence-electron chi connectivity index (χ4n) is 2.17. The highest BCUT2D eigenvalue weighted by Gasteiger charge is 2.44. The third-order valence-electron chi connectivity index (χ3n) is 3.36. The molecule has 0 radical (unpaired) electrons. The second-order valence-electron chi connectivity index (χ2n) is 5.73. The van der Waals surface area contributed by atoms with Crippen molar-refractivity contribution in [3.63, 3.8) is 0 Å². The number of aliphatic hydroxyl groups excluding tert-OH is 1. The molecule has 6 nitrogen and oxygen atoms in total. The highest BCUT2D eigenvalue weighted by molar-refractivity contribution is 6.31. The number of benzene rings is 1. The van der Waals surface area contributed by atoms with E-state index in [0.29, 0.717) is 5.02 Å². The minimum absolute atomic E-state index is 0.00269. The molecule has 2 rings (SSSR count). The van der Waals surface area contributed by atoms with Crippen molar-refractivity contribution < 1.29 is 19.4 Å². The molecular weight excluding hydrogens is 308 g/mol. The maximum atomic E-state index is 12.0. The summed E-state index contributed by atoms with van der Waals surface area (Å²) in [6.07, 6.45) is -0.953. The van der Waals surface area contributed by atoms with Gasteiger partial charge in [0.2, 0.25) is 0 Å². The van der Waals surface area contributed by atoms with E-state index < -0.39 is 17.7 Å². The highest BCUT2D eigenvalue weighted by atomic mass is 35.5. The Bertz CT molecular complexity index is 576. The molecule has 1 atom stereocenters. The van der Waals surface area contributed by atoms with E-state index >= 15 is 0 Å². The van der Waals surface area contributed by atoms with Gasteiger partial charge in [-0.3, -0.25) is 9.69 Å². The first kappa shape index (κ1) is 16.7. The molecule has 0 aromatic heterocycles. The molecule has 0 saturated carbocycles. The van der Waals surface area contributed by atoms with Crippen LogP contribution in [0, 0.1) is 0 Å². The lowest BCUT2D eigenvalue weighted by Gasteiger charge is -2.19. The third-order valence-corrected chi connectivity index (χ3v) is 3.73. The quantitative estimate of drug-likeness (QED) is 0.777. The number of hydrogen-bond donors (Lipinski definition) is 2. The number of nitrogens with zero attached hydrogens (tertiary/aromatic N) is 1. The molecular formula is C15H19ClN2O4.